The molecule has 0 saturated carbocycles. The highest BCUT2D eigenvalue weighted by molar-refractivity contribution is 7.92. The summed E-state index contributed by atoms with van der Waals surface area (Å²) >= 11 is 0. The van der Waals surface area contributed by atoms with Crippen LogP contribution in [0.5, 0.6) is 0 Å². The van der Waals surface area contributed by atoms with E-state index >= 15 is 0 Å². The van der Waals surface area contributed by atoms with Crippen LogP contribution in [0.3, 0.4) is 0 Å². The summed E-state index contributed by atoms with van der Waals surface area (Å²) in [6.45, 7) is 6.21. The van der Waals surface area contributed by atoms with Crippen LogP contribution >= 0.6 is 0 Å². The Morgan fingerprint density at radius 1 is 1.00 bits per heavy atom. The summed E-state index contributed by atoms with van der Waals surface area (Å²) in [5.74, 6) is 0.301. The van der Waals surface area contributed by atoms with Gasteiger partial charge < -0.3 is 10.2 Å². The first-order chi connectivity index (χ1) is 10.9. The molecule has 1 aromatic carbocycles. The van der Waals surface area contributed by atoms with Crippen molar-refractivity contribution in [3.8, 4) is 0 Å². The van der Waals surface area contributed by atoms with E-state index in [1.807, 2.05) is 12.1 Å². The summed E-state index contributed by atoms with van der Waals surface area (Å²) in [5, 5.41) is 3.24. The van der Waals surface area contributed by atoms with E-state index in [1.54, 1.807) is 18.3 Å². The molecule has 0 aliphatic heterocycles. The molecule has 23 heavy (non-hydrogen) atoms. The number of anilines is 4. The Kier molecular flexibility index (Phi) is 5.44. The maximum atomic E-state index is 11.1. The molecule has 0 radical (unpaired) electrons. The van der Waals surface area contributed by atoms with E-state index in [0.29, 0.717) is 5.82 Å². The van der Waals surface area contributed by atoms with Gasteiger partial charge in [0.2, 0.25) is 10.0 Å². The van der Waals surface area contributed by atoms with Gasteiger partial charge in [0.15, 0.2) is 0 Å². The van der Waals surface area contributed by atoms with E-state index in [9.17, 15) is 8.42 Å². The van der Waals surface area contributed by atoms with Crippen LogP contribution in [0.15, 0.2) is 42.6 Å². The standard InChI is InChI=1S/C16H22N4O2S/c1-4-20(5-2)15-9-6-13(7-10-15)18-14-8-11-16(17-12-14)19-23(3,21)22/h6-12,18H,4-5H2,1-3H3,(H,17,19). The molecule has 2 N–H and O–H groups in total. The summed E-state index contributed by atoms with van der Waals surface area (Å²) in [5.41, 5.74) is 2.93. The van der Waals surface area contributed by atoms with Crippen molar-refractivity contribution in [2.24, 2.45) is 0 Å². The molecule has 0 spiro atoms. The fraction of sp³-hybridized carbons (Fsp3) is 0.312. The molecule has 124 valence electrons. The predicted octanol–water partition coefficient (Wildman–Crippen LogP) is 3.04. The number of pyridine rings is 1. The molecule has 6 nitrogen and oxygen atoms in total. The summed E-state index contributed by atoms with van der Waals surface area (Å²) < 4.78 is 24.6. The van der Waals surface area contributed by atoms with Crippen molar-refractivity contribution >= 4 is 32.9 Å². The van der Waals surface area contributed by atoms with Crippen molar-refractivity contribution in [2.45, 2.75) is 13.8 Å². The molecule has 2 aromatic rings. The Bertz CT molecular complexity index is 724. The zero-order chi connectivity index (χ0) is 16.9. The minimum atomic E-state index is -3.30. The minimum Gasteiger partial charge on any atom is -0.372 e. The van der Waals surface area contributed by atoms with Gasteiger partial charge >= 0.3 is 0 Å². The fourth-order valence-corrected chi connectivity index (χ4v) is 2.73. The van der Waals surface area contributed by atoms with Crippen LogP contribution in [0.1, 0.15) is 13.8 Å². The number of benzene rings is 1. The Morgan fingerprint density at radius 3 is 2.09 bits per heavy atom. The lowest BCUT2D eigenvalue weighted by molar-refractivity contribution is 0.606. The summed E-state index contributed by atoms with van der Waals surface area (Å²) in [6, 6.07) is 11.6. The molecule has 0 atom stereocenters. The number of rotatable bonds is 7. The number of aromatic nitrogens is 1. The highest BCUT2D eigenvalue weighted by atomic mass is 32.2. The van der Waals surface area contributed by atoms with Gasteiger partial charge in [-0.15, -0.1) is 0 Å². The smallest absolute Gasteiger partial charge is 0.230 e. The van der Waals surface area contributed by atoms with Crippen molar-refractivity contribution in [1.82, 2.24) is 4.98 Å². The number of nitrogens with zero attached hydrogens (tertiary/aromatic N) is 2. The molecule has 7 heteroatoms. The summed E-state index contributed by atoms with van der Waals surface area (Å²) in [4.78, 5) is 6.35. The monoisotopic (exact) mass is 334 g/mol. The van der Waals surface area contributed by atoms with E-state index in [-0.39, 0.29) is 0 Å². The number of hydrogen-bond donors (Lipinski definition) is 2. The zero-order valence-electron chi connectivity index (χ0n) is 13.6. The highest BCUT2D eigenvalue weighted by Crippen LogP contribution is 2.21. The van der Waals surface area contributed by atoms with Gasteiger partial charge in [0.1, 0.15) is 5.82 Å². The highest BCUT2D eigenvalue weighted by Gasteiger charge is 2.04. The second-order valence-electron chi connectivity index (χ2n) is 5.15. The predicted molar refractivity (Wildman–Crippen MR) is 96.0 cm³/mol. The molecule has 0 fully saturated rings. The third kappa shape index (κ3) is 5.14. The van der Waals surface area contributed by atoms with Gasteiger partial charge in [-0.1, -0.05) is 0 Å². The molecule has 0 amide bonds. The largest absolute Gasteiger partial charge is 0.372 e. The average molecular weight is 334 g/mol. The van der Waals surface area contributed by atoms with Gasteiger partial charge in [-0.05, 0) is 50.2 Å². The zero-order valence-corrected chi connectivity index (χ0v) is 14.4. The van der Waals surface area contributed by atoms with Crippen molar-refractivity contribution in [2.75, 3.05) is 34.3 Å². The molecular formula is C16H22N4O2S. The van der Waals surface area contributed by atoms with E-state index in [0.717, 1.165) is 30.7 Å². The van der Waals surface area contributed by atoms with Gasteiger partial charge in [-0.2, -0.15) is 0 Å². The van der Waals surface area contributed by atoms with Crippen LogP contribution in [0.4, 0.5) is 22.9 Å². The van der Waals surface area contributed by atoms with Crippen LogP contribution in [0.25, 0.3) is 0 Å². The molecule has 1 aromatic heterocycles. The van der Waals surface area contributed by atoms with Gasteiger partial charge in [-0.3, -0.25) is 4.72 Å². The topological polar surface area (TPSA) is 74.3 Å². The summed E-state index contributed by atoms with van der Waals surface area (Å²) in [6.07, 6.45) is 2.68. The molecule has 0 aliphatic carbocycles. The Morgan fingerprint density at radius 2 is 1.61 bits per heavy atom. The second-order valence-corrected chi connectivity index (χ2v) is 6.90. The van der Waals surface area contributed by atoms with Crippen LogP contribution in [-0.4, -0.2) is 32.7 Å². The Labute approximate surface area is 137 Å². The van der Waals surface area contributed by atoms with E-state index in [1.165, 1.54) is 5.69 Å². The van der Waals surface area contributed by atoms with Crippen molar-refractivity contribution in [1.29, 1.82) is 0 Å². The molecule has 2 rings (SSSR count). The van der Waals surface area contributed by atoms with Crippen molar-refractivity contribution in [3.05, 3.63) is 42.6 Å². The lowest BCUT2D eigenvalue weighted by Gasteiger charge is -2.21. The van der Waals surface area contributed by atoms with Gasteiger partial charge in [-0.25, -0.2) is 13.4 Å². The number of hydrogen-bond acceptors (Lipinski definition) is 5. The van der Waals surface area contributed by atoms with Crippen molar-refractivity contribution < 1.29 is 8.42 Å². The Hall–Kier alpha value is -2.28. The van der Waals surface area contributed by atoms with E-state index in [4.69, 9.17) is 0 Å². The SMILES string of the molecule is CCN(CC)c1ccc(Nc2ccc(NS(C)(=O)=O)nc2)cc1. The summed E-state index contributed by atoms with van der Waals surface area (Å²) in [7, 11) is -3.30. The van der Waals surface area contributed by atoms with E-state index < -0.39 is 10.0 Å². The van der Waals surface area contributed by atoms with Gasteiger partial charge in [0, 0.05) is 24.5 Å². The second kappa shape index (κ2) is 7.32. The number of nitrogens with one attached hydrogen (secondary N) is 2. The first-order valence-corrected chi connectivity index (χ1v) is 9.36. The maximum absolute atomic E-state index is 11.1. The minimum absolute atomic E-state index is 0.301. The molecule has 0 aliphatic rings. The lowest BCUT2D eigenvalue weighted by atomic mass is 10.2. The third-order valence-electron chi connectivity index (χ3n) is 3.34. The van der Waals surface area contributed by atoms with Crippen LogP contribution in [0.2, 0.25) is 0 Å². The Balaban J connectivity index is 2.04. The molecular weight excluding hydrogens is 312 g/mol. The third-order valence-corrected chi connectivity index (χ3v) is 3.92. The molecule has 0 saturated heterocycles. The molecule has 0 bridgehead atoms. The van der Waals surface area contributed by atoms with Gasteiger partial charge in [0.25, 0.3) is 0 Å². The van der Waals surface area contributed by atoms with Crippen LogP contribution in [0, 0.1) is 0 Å². The van der Waals surface area contributed by atoms with Gasteiger partial charge in [0.05, 0.1) is 18.1 Å². The van der Waals surface area contributed by atoms with Crippen LogP contribution < -0.4 is 14.9 Å². The van der Waals surface area contributed by atoms with Crippen LogP contribution in [-0.2, 0) is 10.0 Å². The first kappa shape index (κ1) is 17.1. The average Bonchev–Trinajstić information content (AvgIpc) is 2.51. The first-order valence-electron chi connectivity index (χ1n) is 7.47. The maximum Gasteiger partial charge on any atom is 0.230 e. The quantitative estimate of drug-likeness (QED) is 0.814. The molecule has 1 heterocycles. The molecule has 0 unspecified atom stereocenters. The van der Waals surface area contributed by atoms with E-state index in [2.05, 4.69) is 45.9 Å². The lowest BCUT2D eigenvalue weighted by Crippen LogP contribution is -2.21. The fourth-order valence-electron chi connectivity index (χ4n) is 2.23. The van der Waals surface area contributed by atoms with Crippen molar-refractivity contribution in [3.63, 3.8) is 0 Å². The number of sulfonamides is 1. The normalized spacial score (nSPS) is 11.1.